The van der Waals surface area contributed by atoms with Gasteiger partial charge in [0.2, 0.25) is 0 Å². The number of amides is 1. The molecule has 1 atom stereocenters. The second-order valence-electron chi connectivity index (χ2n) is 3.32. The Kier molecular flexibility index (Phi) is 4.45. The molecule has 0 radical (unpaired) electrons. The van der Waals surface area contributed by atoms with E-state index in [-0.39, 0.29) is 11.4 Å². The summed E-state index contributed by atoms with van der Waals surface area (Å²) in [5, 5.41) is 10.6. The Morgan fingerprint density at radius 3 is 2.71 bits per heavy atom. The SMILES string of the molecule is CCC(Oc1cc(Br)cc([N+](=O)[O-])c1)C(N)=O. The van der Waals surface area contributed by atoms with Crippen molar-refractivity contribution >= 4 is 27.5 Å². The third kappa shape index (κ3) is 3.70. The minimum atomic E-state index is -0.788. The molecular formula is C10H11BrN2O4. The molecule has 0 spiro atoms. The lowest BCUT2D eigenvalue weighted by atomic mass is 10.2. The lowest BCUT2D eigenvalue weighted by Gasteiger charge is -2.13. The first kappa shape index (κ1) is 13.4. The van der Waals surface area contributed by atoms with Gasteiger partial charge in [0.25, 0.3) is 11.6 Å². The van der Waals surface area contributed by atoms with Crippen molar-refractivity contribution in [1.82, 2.24) is 0 Å². The quantitative estimate of drug-likeness (QED) is 0.664. The van der Waals surface area contributed by atoms with Gasteiger partial charge in [-0.2, -0.15) is 0 Å². The van der Waals surface area contributed by atoms with Gasteiger partial charge in [-0.15, -0.1) is 0 Å². The zero-order valence-electron chi connectivity index (χ0n) is 9.05. The molecule has 0 aliphatic heterocycles. The first-order valence-corrected chi connectivity index (χ1v) is 5.64. The maximum atomic E-state index is 11.0. The highest BCUT2D eigenvalue weighted by molar-refractivity contribution is 9.10. The summed E-state index contributed by atoms with van der Waals surface area (Å²) in [6, 6.07) is 4.13. The molecule has 0 aliphatic carbocycles. The Labute approximate surface area is 106 Å². The molecule has 0 saturated carbocycles. The highest BCUT2D eigenvalue weighted by atomic mass is 79.9. The fraction of sp³-hybridized carbons (Fsp3) is 0.300. The van der Waals surface area contributed by atoms with Gasteiger partial charge in [-0.1, -0.05) is 22.9 Å². The van der Waals surface area contributed by atoms with Crippen LogP contribution in [-0.2, 0) is 4.79 Å². The molecule has 0 bridgehead atoms. The summed E-state index contributed by atoms with van der Waals surface area (Å²) in [5.74, 6) is -0.369. The van der Waals surface area contributed by atoms with Gasteiger partial charge in [0.1, 0.15) is 5.75 Å². The number of nitro benzene ring substituents is 1. The van der Waals surface area contributed by atoms with E-state index in [2.05, 4.69) is 15.9 Å². The molecule has 0 saturated heterocycles. The third-order valence-corrected chi connectivity index (χ3v) is 2.49. The molecule has 1 aromatic carbocycles. The Bertz CT molecular complexity index is 450. The van der Waals surface area contributed by atoms with E-state index in [0.29, 0.717) is 10.9 Å². The number of halogens is 1. The molecule has 0 aliphatic rings. The minimum Gasteiger partial charge on any atom is -0.480 e. The molecule has 2 N–H and O–H groups in total. The van der Waals surface area contributed by atoms with Gasteiger partial charge >= 0.3 is 0 Å². The number of non-ortho nitro benzene ring substituents is 1. The number of hydrogen-bond donors (Lipinski definition) is 1. The van der Waals surface area contributed by atoms with E-state index in [0.717, 1.165) is 0 Å². The van der Waals surface area contributed by atoms with E-state index in [1.807, 2.05) is 0 Å². The van der Waals surface area contributed by atoms with Crippen LogP contribution in [0, 0.1) is 10.1 Å². The van der Waals surface area contributed by atoms with Crippen molar-refractivity contribution in [1.29, 1.82) is 0 Å². The zero-order chi connectivity index (χ0) is 13.0. The summed E-state index contributed by atoms with van der Waals surface area (Å²) in [4.78, 5) is 21.1. The predicted octanol–water partition coefficient (Wildman–Crippen LogP) is 2.00. The number of nitrogens with two attached hydrogens (primary N) is 1. The fourth-order valence-electron chi connectivity index (χ4n) is 1.23. The van der Waals surface area contributed by atoms with Gasteiger partial charge < -0.3 is 10.5 Å². The van der Waals surface area contributed by atoms with Crippen LogP contribution in [0.15, 0.2) is 22.7 Å². The highest BCUT2D eigenvalue weighted by Gasteiger charge is 2.17. The Hall–Kier alpha value is -1.63. The van der Waals surface area contributed by atoms with Crippen LogP contribution in [0.4, 0.5) is 5.69 Å². The number of nitrogens with zero attached hydrogens (tertiary/aromatic N) is 1. The van der Waals surface area contributed by atoms with Crippen LogP contribution in [0.25, 0.3) is 0 Å². The van der Waals surface area contributed by atoms with Crippen molar-refractivity contribution in [3.8, 4) is 5.75 Å². The largest absolute Gasteiger partial charge is 0.480 e. The lowest BCUT2D eigenvalue weighted by molar-refractivity contribution is -0.385. The van der Waals surface area contributed by atoms with Crippen molar-refractivity contribution in [3.05, 3.63) is 32.8 Å². The van der Waals surface area contributed by atoms with Crippen LogP contribution < -0.4 is 10.5 Å². The van der Waals surface area contributed by atoms with Gasteiger partial charge in [-0.25, -0.2) is 0 Å². The molecule has 17 heavy (non-hydrogen) atoms. The summed E-state index contributed by atoms with van der Waals surface area (Å²) in [7, 11) is 0. The van der Waals surface area contributed by atoms with E-state index in [4.69, 9.17) is 10.5 Å². The van der Waals surface area contributed by atoms with Gasteiger partial charge in [0, 0.05) is 10.5 Å². The second-order valence-corrected chi connectivity index (χ2v) is 4.24. The number of nitro groups is 1. The number of benzene rings is 1. The minimum absolute atomic E-state index is 0.117. The van der Waals surface area contributed by atoms with E-state index >= 15 is 0 Å². The molecule has 0 aromatic heterocycles. The van der Waals surface area contributed by atoms with Crippen molar-refractivity contribution in [2.24, 2.45) is 5.73 Å². The Balaban J connectivity index is 2.98. The number of rotatable bonds is 5. The highest BCUT2D eigenvalue weighted by Crippen LogP contribution is 2.27. The van der Waals surface area contributed by atoms with Gasteiger partial charge in [-0.05, 0) is 12.5 Å². The zero-order valence-corrected chi connectivity index (χ0v) is 10.6. The molecule has 92 valence electrons. The molecule has 1 amide bonds. The topological polar surface area (TPSA) is 95.5 Å². The second kappa shape index (κ2) is 5.62. The van der Waals surface area contributed by atoms with Crippen LogP contribution in [0.3, 0.4) is 0 Å². The van der Waals surface area contributed by atoms with E-state index < -0.39 is 16.9 Å². The lowest BCUT2D eigenvalue weighted by Crippen LogP contribution is -2.32. The average molecular weight is 303 g/mol. The third-order valence-electron chi connectivity index (χ3n) is 2.03. The average Bonchev–Trinajstić information content (AvgIpc) is 2.24. The van der Waals surface area contributed by atoms with E-state index in [1.54, 1.807) is 13.0 Å². The number of ether oxygens (including phenoxy) is 1. The predicted molar refractivity (Wildman–Crippen MR) is 64.7 cm³/mol. The molecule has 7 heteroatoms. The standard InChI is InChI=1S/C10H11BrN2O4/c1-2-9(10(12)14)17-8-4-6(11)3-7(5-8)13(15)16/h3-5,9H,2H2,1H3,(H2,12,14). The van der Waals surface area contributed by atoms with E-state index in [9.17, 15) is 14.9 Å². The van der Waals surface area contributed by atoms with Gasteiger partial charge in [0.05, 0.1) is 11.0 Å². The van der Waals surface area contributed by atoms with Crippen LogP contribution in [0.5, 0.6) is 5.75 Å². The fourth-order valence-corrected chi connectivity index (χ4v) is 1.69. The molecule has 1 aromatic rings. The van der Waals surface area contributed by atoms with Crippen molar-refractivity contribution < 1.29 is 14.5 Å². The van der Waals surface area contributed by atoms with Crippen molar-refractivity contribution in [2.45, 2.75) is 19.4 Å². The summed E-state index contributed by atoms with van der Waals surface area (Å²) >= 11 is 3.13. The molecule has 1 unspecified atom stereocenters. The molecule has 6 nitrogen and oxygen atoms in total. The van der Waals surface area contributed by atoms with Gasteiger partial charge in [-0.3, -0.25) is 14.9 Å². The number of carbonyl (C=O) groups excluding carboxylic acids is 1. The first-order valence-electron chi connectivity index (χ1n) is 4.85. The summed E-state index contributed by atoms with van der Waals surface area (Å²) in [6.45, 7) is 1.74. The maximum absolute atomic E-state index is 11.0. The van der Waals surface area contributed by atoms with Gasteiger partial charge in [0.15, 0.2) is 6.10 Å². The van der Waals surface area contributed by atoms with Crippen molar-refractivity contribution in [3.63, 3.8) is 0 Å². The maximum Gasteiger partial charge on any atom is 0.274 e. The number of carbonyl (C=O) groups is 1. The molecule has 0 heterocycles. The Morgan fingerprint density at radius 1 is 1.59 bits per heavy atom. The van der Waals surface area contributed by atoms with Crippen molar-refractivity contribution in [2.75, 3.05) is 0 Å². The van der Waals surface area contributed by atoms with Crippen LogP contribution in [0.2, 0.25) is 0 Å². The Morgan fingerprint density at radius 2 is 2.24 bits per heavy atom. The summed E-state index contributed by atoms with van der Waals surface area (Å²) < 4.78 is 5.79. The van der Waals surface area contributed by atoms with E-state index in [1.165, 1.54) is 12.1 Å². The number of hydrogen-bond acceptors (Lipinski definition) is 4. The molecule has 0 fully saturated rings. The molecule has 1 rings (SSSR count). The normalized spacial score (nSPS) is 11.9. The monoisotopic (exact) mass is 302 g/mol. The van der Waals surface area contributed by atoms with Crippen LogP contribution in [0.1, 0.15) is 13.3 Å². The van der Waals surface area contributed by atoms with Crippen LogP contribution in [-0.4, -0.2) is 16.9 Å². The summed E-state index contributed by atoms with van der Waals surface area (Å²) in [5.41, 5.74) is 5.00. The number of primary amides is 1. The van der Waals surface area contributed by atoms with Crippen LogP contribution >= 0.6 is 15.9 Å². The molecular weight excluding hydrogens is 292 g/mol. The summed E-state index contributed by atoms with van der Waals surface area (Å²) in [6.07, 6.45) is -0.390. The first-order chi connectivity index (χ1) is 7.93. The smallest absolute Gasteiger partial charge is 0.274 e.